The average molecular weight is 404 g/mol. The van der Waals surface area contributed by atoms with Crippen LogP contribution in [0.15, 0.2) is 6.07 Å². The van der Waals surface area contributed by atoms with Gasteiger partial charge in [0.05, 0.1) is 11.4 Å². The predicted molar refractivity (Wildman–Crippen MR) is 108 cm³/mol. The summed E-state index contributed by atoms with van der Waals surface area (Å²) in [6.07, 6.45) is 7.64. The summed E-state index contributed by atoms with van der Waals surface area (Å²) in [5.41, 5.74) is 5.68. The lowest BCUT2D eigenvalue weighted by atomic mass is 9.49. The Kier molecular flexibility index (Phi) is 5.21. The van der Waals surface area contributed by atoms with Gasteiger partial charge in [0.15, 0.2) is 0 Å². The van der Waals surface area contributed by atoms with Gasteiger partial charge in [-0.3, -0.25) is 25.2 Å². The molecular formula is C21H29N3O3S. The van der Waals surface area contributed by atoms with Crippen LogP contribution in [0, 0.1) is 30.1 Å². The van der Waals surface area contributed by atoms with Crippen LogP contribution in [0.2, 0.25) is 0 Å². The molecule has 4 fully saturated rings. The van der Waals surface area contributed by atoms with Gasteiger partial charge in [0.1, 0.15) is 0 Å². The molecule has 0 aromatic carbocycles. The minimum Gasteiger partial charge on any atom is -0.346 e. The molecule has 6 nitrogen and oxygen atoms in total. The molecule has 0 aliphatic heterocycles. The summed E-state index contributed by atoms with van der Waals surface area (Å²) in [7, 11) is 0. The summed E-state index contributed by atoms with van der Waals surface area (Å²) < 4.78 is 0. The fraction of sp³-hybridized carbons (Fsp3) is 0.667. The van der Waals surface area contributed by atoms with Crippen molar-refractivity contribution in [1.82, 2.24) is 16.2 Å². The van der Waals surface area contributed by atoms with Crippen LogP contribution in [0.3, 0.4) is 0 Å². The van der Waals surface area contributed by atoms with E-state index in [1.165, 1.54) is 35.5 Å². The van der Waals surface area contributed by atoms with Gasteiger partial charge in [-0.15, -0.1) is 11.3 Å². The Balaban J connectivity index is 1.25. The normalized spacial score (nSPS) is 30.1. The molecule has 3 N–H and O–H groups in total. The number of carbonyl (C=O) groups excluding carboxylic acids is 3. The molecule has 0 saturated heterocycles. The first-order chi connectivity index (χ1) is 13.4. The zero-order valence-electron chi connectivity index (χ0n) is 16.6. The van der Waals surface area contributed by atoms with Crippen LogP contribution in [0.4, 0.5) is 0 Å². The molecule has 0 unspecified atom stereocenters. The standard InChI is InChI=1S/C21H29N3O3S/c1-3-16-12(2)4-17(28-16)19(26)24-23-18(25)11-22-20(27)21-8-13-5-14(9-21)7-15(6-13)10-21/h4,13-15H,3,5-11H2,1-2H3,(H,22,27)(H,23,25)(H,24,26). The van der Waals surface area contributed by atoms with Crippen LogP contribution in [-0.2, 0) is 16.0 Å². The second-order valence-corrected chi connectivity index (χ2v) is 10.1. The van der Waals surface area contributed by atoms with Crippen molar-refractivity contribution in [2.75, 3.05) is 6.54 Å². The maximum absolute atomic E-state index is 12.9. The summed E-state index contributed by atoms with van der Waals surface area (Å²) >= 11 is 1.44. The highest BCUT2D eigenvalue weighted by molar-refractivity contribution is 7.14. The van der Waals surface area contributed by atoms with E-state index >= 15 is 0 Å². The fourth-order valence-corrected chi connectivity index (χ4v) is 6.96. The highest BCUT2D eigenvalue weighted by atomic mass is 32.1. The molecule has 4 aliphatic carbocycles. The number of hydrogen-bond donors (Lipinski definition) is 3. The van der Waals surface area contributed by atoms with Crippen molar-refractivity contribution in [2.45, 2.75) is 58.8 Å². The molecule has 1 heterocycles. The van der Waals surface area contributed by atoms with Gasteiger partial charge in [-0.25, -0.2) is 0 Å². The van der Waals surface area contributed by atoms with Gasteiger partial charge in [0.25, 0.3) is 11.8 Å². The number of nitrogens with one attached hydrogen (secondary N) is 3. The maximum atomic E-state index is 12.9. The highest BCUT2D eigenvalue weighted by Crippen LogP contribution is 2.60. The summed E-state index contributed by atoms with van der Waals surface area (Å²) in [4.78, 5) is 38.9. The van der Waals surface area contributed by atoms with Crippen molar-refractivity contribution in [1.29, 1.82) is 0 Å². The Labute approximate surface area is 169 Å². The van der Waals surface area contributed by atoms with Crippen molar-refractivity contribution < 1.29 is 14.4 Å². The van der Waals surface area contributed by atoms with Gasteiger partial charge in [-0.1, -0.05) is 6.92 Å². The van der Waals surface area contributed by atoms with Gasteiger partial charge in [-0.05, 0) is 81.3 Å². The average Bonchev–Trinajstić information content (AvgIpc) is 3.04. The molecule has 0 atom stereocenters. The Hall–Kier alpha value is -1.89. The molecule has 1 aromatic rings. The lowest BCUT2D eigenvalue weighted by Gasteiger charge is -2.55. The third-order valence-corrected chi connectivity index (χ3v) is 8.19. The molecular weight excluding hydrogens is 374 g/mol. The lowest BCUT2D eigenvalue weighted by molar-refractivity contribution is -0.147. The van der Waals surface area contributed by atoms with Crippen molar-refractivity contribution >= 4 is 29.1 Å². The molecule has 0 spiro atoms. The number of hydrazine groups is 1. The number of aryl methyl sites for hydroxylation is 2. The third-order valence-electron chi connectivity index (χ3n) is 6.81. The quantitative estimate of drug-likeness (QED) is 0.661. The predicted octanol–water partition coefficient (Wildman–Crippen LogP) is 2.71. The SMILES string of the molecule is CCc1sc(C(=O)NNC(=O)CNC(=O)C23CC4CC(CC(C4)C2)C3)cc1C. The van der Waals surface area contributed by atoms with E-state index in [9.17, 15) is 14.4 Å². The Morgan fingerprint density at radius 3 is 2.21 bits per heavy atom. The molecule has 4 saturated carbocycles. The number of hydrogen-bond acceptors (Lipinski definition) is 4. The summed E-state index contributed by atoms with van der Waals surface area (Å²) in [5.74, 6) is 1.35. The Morgan fingerprint density at radius 1 is 1.07 bits per heavy atom. The molecule has 0 radical (unpaired) electrons. The van der Waals surface area contributed by atoms with E-state index in [1.807, 2.05) is 13.0 Å². The van der Waals surface area contributed by atoms with E-state index in [2.05, 4.69) is 23.1 Å². The van der Waals surface area contributed by atoms with Gasteiger partial charge in [0, 0.05) is 10.3 Å². The van der Waals surface area contributed by atoms with Crippen LogP contribution < -0.4 is 16.2 Å². The van der Waals surface area contributed by atoms with Gasteiger partial charge in [-0.2, -0.15) is 0 Å². The minimum absolute atomic E-state index is 0.0227. The van der Waals surface area contributed by atoms with E-state index in [0.717, 1.165) is 31.2 Å². The first-order valence-corrected chi connectivity index (χ1v) is 11.2. The molecule has 152 valence electrons. The Bertz CT molecular complexity index is 766. The molecule has 4 bridgehead atoms. The maximum Gasteiger partial charge on any atom is 0.279 e. The van der Waals surface area contributed by atoms with Crippen molar-refractivity contribution in [3.05, 3.63) is 21.4 Å². The highest BCUT2D eigenvalue weighted by Gasteiger charge is 2.54. The van der Waals surface area contributed by atoms with E-state index in [4.69, 9.17) is 0 Å². The van der Waals surface area contributed by atoms with E-state index in [0.29, 0.717) is 22.6 Å². The van der Waals surface area contributed by atoms with Crippen LogP contribution in [-0.4, -0.2) is 24.3 Å². The largest absolute Gasteiger partial charge is 0.346 e. The van der Waals surface area contributed by atoms with Crippen molar-refractivity contribution in [3.8, 4) is 0 Å². The van der Waals surface area contributed by atoms with E-state index in [-0.39, 0.29) is 23.8 Å². The monoisotopic (exact) mass is 403 g/mol. The smallest absolute Gasteiger partial charge is 0.279 e. The number of carbonyl (C=O) groups is 3. The van der Waals surface area contributed by atoms with Gasteiger partial charge in [0.2, 0.25) is 5.91 Å². The molecule has 7 heteroatoms. The number of amides is 3. The first-order valence-electron chi connectivity index (χ1n) is 10.4. The second kappa shape index (κ2) is 7.50. The van der Waals surface area contributed by atoms with Crippen LogP contribution >= 0.6 is 11.3 Å². The summed E-state index contributed by atoms with van der Waals surface area (Å²) in [6, 6.07) is 1.83. The molecule has 5 rings (SSSR count). The third kappa shape index (κ3) is 3.69. The lowest BCUT2D eigenvalue weighted by Crippen LogP contribution is -2.55. The molecule has 4 aliphatic rings. The van der Waals surface area contributed by atoms with Crippen LogP contribution in [0.25, 0.3) is 0 Å². The van der Waals surface area contributed by atoms with Gasteiger partial charge < -0.3 is 5.32 Å². The first kappa shape index (κ1) is 19.4. The molecule has 3 amide bonds. The van der Waals surface area contributed by atoms with Gasteiger partial charge >= 0.3 is 0 Å². The zero-order valence-corrected chi connectivity index (χ0v) is 17.4. The molecule has 1 aromatic heterocycles. The minimum atomic E-state index is -0.407. The summed E-state index contributed by atoms with van der Waals surface area (Å²) in [5, 5.41) is 2.83. The van der Waals surface area contributed by atoms with Crippen LogP contribution in [0.5, 0.6) is 0 Å². The van der Waals surface area contributed by atoms with Crippen LogP contribution in [0.1, 0.15) is 65.6 Å². The molecule has 28 heavy (non-hydrogen) atoms. The van der Waals surface area contributed by atoms with Crippen molar-refractivity contribution in [3.63, 3.8) is 0 Å². The second-order valence-electron chi connectivity index (χ2n) is 8.95. The summed E-state index contributed by atoms with van der Waals surface area (Å²) in [6.45, 7) is 3.92. The Morgan fingerprint density at radius 2 is 1.68 bits per heavy atom. The van der Waals surface area contributed by atoms with E-state index < -0.39 is 5.91 Å². The number of rotatable bonds is 5. The topological polar surface area (TPSA) is 87.3 Å². The van der Waals surface area contributed by atoms with Crippen molar-refractivity contribution in [2.24, 2.45) is 23.2 Å². The van der Waals surface area contributed by atoms with E-state index in [1.54, 1.807) is 0 Å². The fourth-order valence-electron chi connectivity index (χ4n) is 5.95. The number of thiophene rings is 1. The zero-order chi connectivity index (χ0) is 19.9.